The minimum atomic E-state index is -1.34. The number of hydrogen-bond acceptors (Lipinski definition) is 9. The summed E-state index contributed by atoms with van der Waals surface area (Å²) in [7, 11) is 0. The molecule has 0 radical (unpaired) electrons. The van der Waals surface area contributed by atoms with E-state index in [2.05, 4.69) is 22.4 Å². The Morgan fingerprint density at radius 1 is 1.39 bits per heavy atom. The molecule has 156 valence electrons. The number of unbranched alkanes of at least 4 members (excludes halogenated alkanes) is 4. The second kappa shape index (κ2) is 10.8. The summed E-state index contributed by atoms with van der Waals surface area (Å²) in [6.45, 7) is 1.86. The summed E-state index contributed by atoms with van der Waals surface area (Å²) in [6.07, 6.45) is 2.06. The Kier molecular flexibility index (Phi) is 8.48. The van der Waals surface area contributed by atoms with E-state index in [-0.39, 0.29) is 12.4 Å². The predicted molar refractivity (Wildman–Crippen MR) is 98.8 cm³/mol. The van der Waals surface area contributed by atoms with Crippen molar-refractivity contribution in [1.82, 2.24) is 9.55 Å². The molecule has 1 amide bonds. The van der Waals surface area contributed by atoms with Gasteiger partial charge in [0.05, 0.1) is 13.2 Å². The number of ether oxygens (including phenoxy) is 2. The van der Waals surface area contributed by atoms with Crippen LogP contribution in [0.25, 0.3) is 0 Å². The molecule has 0 bridgehead atoms. The molecule has 0 aromatic carbocycles. The van der Waals surface area contributed by atoms with E-state index >= 15 is 0 Å². The fraction of sp³-hybridized carbons (Fsp3) is 0.706. The van der Waals surface area contributed by atoms with Gasteiger partial charge in [-0.1, -0.05) is 37.8 Å². The van der Waals surface area contributed by atoms with Crippen LogP contribution in [0.15, 0.2) is 22.2 Å². The van der Waals surface area contributed by atoms with Crippen LogP contribution in [0.4, 0.5) is 10.6 Å². The Morgan fingerprint density at radius 3 is 2.79 bits per heavy atom. The summed E-state index contributed by atoms with van der Waals surface area (Å²) in [5.41, 5.74) is -0.818. The summed E-state index contributed by atoms with van der Waals surface area (Å²) in [5.74, 6) is -0.0231. The van der Waals surface area contributed by atoms with Gasteiger partial charge in [-0.05, 0) is 12.5 Å². The fourth-order valence-electron chi connectivity index (χ4n) is 2.91. The maximum atomic E-state index is 12.2. The van der Waals surface area contributed by atoms with Crippen molar-refractivity contribution in [3.05, 3.63) is 27.7 Å². The molecule has 1 fully saturated rings. The Morgan fingerprint density at radius 2 is 2.14 bits per heavy atom. The van der Waals surface area contributed by atoms with Gasteiger partial charge in [-0.25, -0.2) is 9.59 Å². The van der Waals surface area contributed by atoms with Crippen LogP contribution in [0.1, 0.15) is 45.3 Å². The highest BCUT2D eigenvalue weighted by atomic mass is 16.6. The highest BCUT2D eigenvalue weighted by Crippen LogP contribution is 2.30. The standard InChI is InChI=1S/C17H26N4O7/c1-2-3-4-5-6-9-27-17(25)19-12-7-8-21(16(24)18-12)15-13(20-26)14(23)11(10-22)28-15/h7-8,11,13-15,22-23H,2-6,9-10H2,1H3,(H,18,19,24,25)/t11-,13+,14-,15-/m1/s1. The number of aliphatic hydroxyl groups is 2. The van der Waals surface area contributed by atoms with E-state index in [1.54, 1.807) is 0 Å². The van der Waals surface area contributed by atoms with E-state index in [4.69, 9.17) is 14.6 Å². The van der Waals surface area contributed by atoms with Gasteiger partial charge in [0.25, 0.3) is 0 Å². The third kappa shape index (κ3) is 5.57. The average molecular weight is 398 g/mol. The Hall–Kier alpha value is -2.37. The molecule has 1 aliphatic heterocycles. The van der Waals surface area contributed by atoms with E-state index < -0.39 is 42.9 Å². The average Bonchev–Trinajstić information content (AvgIpc) is 3.00. The monoisotopic (exact) mass is 398 g/mol. The summed E-state index contributed by atoms with van der Waals surface area (Å²) < 4.78 is 11.3. The minimum Gasteiger partial charge on any atom is -0.449 e. The number of carbonyl (C=O) groups is 1. The summed E-state index contributed by atoms with van der Waals surface area (Å²) in [5, 5.41) is 24.2. The molecule has 11 nitrogen and oxygen atoms in total. The number of anilines is 1. The number of aliphatic hydroxyl groups excluding tert-OH is 2. The molecule has 3 N–H and O–H groups in total. The van der Waals surface area contributed by atoms with Gasteiger partial charge in [0.1, 0.15) is 18.0 Å². The lowest BCUT2D eigenvalue weighted by molar-refractivity contribution is -0.0464. The van der Waals surface area contributed by atoms with Gasteiger partial charge in [-0.3, -0.25) is 9.88 Å². The smallest absolute Gasteiger partial charge is 0.412 e. The highest BCUT2D eigenvalue weighted by Gasteiger charge is 2.46. The zero-order valence-electron chi connectivity index (χ0n) is 15.7. The molecule has 2 heterocycles. The topological polar surface area (TPSA) is 152 Å². The van der Waals surface area contributed by atoms with Crippen molar-refractivity contribution < 1.29 is 24.5 Å². The summed E-state index contributed by atoms with van der Waals surface area (Å²) in [6, 6.07) is 0.0569. The van der Waals surface area contributed by atoms with E-state index in [0.717, 1.165) is 36.7 Å². The lowest BCUT2D eigenvalue weighted by Crippen LogP contribution is -2.35. The number of nitrogens with one attached hydrogen (secondary N) is 1. The Labute approximate surface area is 161 Å². The number of nitrogens with zero attached hydrogens (tertiary/aromatic N) is 3. The fourth-order valence-corrected chi connectivity index (χ4v) is 2.91. The van der Waals surface area contributed by atoms with Crippen LogP contribution in [0.5, 0.6) is 0 Å². The predicted octanol–water partition coefficient (Wildman–Crippen LogP) is 1.15. The lowest BCUT2D eigenvalue weighted by Gasteiger charge is -2.16. The van der Waals surface area contributed by atoms with Crippen molar-refractivity contribution in [1.29, 1.82) is 0 Å². The first-order valence-corrected chi connectivity index (χ1v) is 9.31. The molecule has 1 aliphatic rings. The van der Waals surface area contributed by atoms with E-state index in [1.165, 1.54) is 12.3 Å². The van der Waals surface area contributed by atoms with Crippen LogP contribution < -0.4 is 11.0 Å². The Bertz CT molecular complexity index is 711. The first-order valence-electron chi connectivity index (χ1n) is 9.31. The number of carbonyl (C=O) groups excluding carboxylic acids is 1. The normalized spacial score (nSPS) is 24.1. The molecule has 4 atom stereocenters. The van der Waals surface area contributed by atoms with Crippen molar-refractivity contribution in [2.75, 3.05) is 18.5 Å². The number of aromatic nitrogens is 2. The molecular weight excluding hydrogens is 372 g/mol. The van der Waals surface area contributed by atoms with E-state index in [1.807, 2.05) is 0 Å². The molecule has 0 saturated carbocycles. The quantitative estimate of drug-likeness (QED) is 0.392. The van der Waals surface area contributed by atoms with Crippen molar-refractivity contribution in [3.63, 3.8) is 0 Å². The van der Waals surface area contributed by atoms with Crippen molar-refractivity contribution >= 4 is 11.9 Å². The van der Waals surface area contributed by atoms with Crippen LogP contribution in [0, 0.1) is 4.91 Å². The second-order valence-electron chi connectivity index (χ2n) is 6.51. The van der Waals surface area contributed by atoms with Crippen molar-refractivity contribution in [2.45, 2.75) is 63.5 Å². The molecule has 11 heteroatoms. The van der Waals surface area contributed by atoms with Gasteiger partial charge in [0.2, 0.25) is 0 Å². The molecule has 1 saturated heterocycles. The minimum absolute atomic E-state index is 0.0231. The van der Waals surface area contributed by atoms with Crippen molar-refractivity contribution in [2.24, 2.45) is 5.18 Å². The maximum absolute atomic E-state index is 12.2. The Balaban J connectivity index is 1.92. The molecular formula is C17H26N4O7. The number of hydrogen-bond donors (Lipinski definition) is 3. The van der Waals surface area contributed by atoms with E-state index in [9.17, 15) is 19.6 Å². The largest absolute Gasteiger partial charge is 0.449 e. The molecule has 0 aliphatic carbocycles. The molecule has 2 rings (SSSR count). The van der Waals surface area contributed by atoms with Crippen LogP contribution in [-0.2, 0) is 9.47 Å². The third-order valence-electron chi connectivity index (χ3n) is 4.45. The van der Waals surface area contributed by atoms with Crippen LogP contribution in [0.2, 0.25) is 0 Å². The second-order valence-corrected chi connectivity index (χ2v) is 6.51. The lowest BCUT2D eigenvalue weighted by atomic mass is 10.1. The number of nitroso groups, excluding NO2 is 1. The van der Waals surface area contributed by atoms with Crippen LogP contribution >= 0.6 is 0 Å². The first-order chi connectivity index (χ1) is 13.5. The third-order valence-corrected chi connectivity index (χ3v) is 4.45. The molecule has 28 heavy (non-hydrogen) atoms. The molecule has 0 spiro atoms. The molecule has 1 aromatic rings. The van der Waals surface area contributed by atoms with Crippen LogP contribution in [0.3, 0.4) is 0 Å². The number of amides is 1. The van der Waals surface area contributed by atoms with Gasteiger partial charge < -0.3 is 19.7 Å². The molecule has 0 unspecified atom stereocenters. The zero-order chi connectivity index (χ0) is 20.5. The summed E-state index contributed by atoms with van der Waals surface area (Å²) >= 11 is 0. The van der Waals surface area contributed by atoms with Gasteiger partial charge in [-0.2, -0.15) is 9.89 Å². The van der Waals surface area contributed by atoms with Gasteiger partial charge in [-0.15, -0.1) is 0 Å². The SMILES string of the molecule is CCCCCCCOC(=O)Nc1ccn([C@@H]2O[C@H](CO)[C@@H](O)[C@@H]2N=O)c(=O)n1. The van der Waals surface area contributed by atoms with Gasteiger partial charge >= 0.3 is 11.8 Å². The van der Waals surface area contributed by atoms with Crippen molar-refractivity contribution in [3.8, 4) is 0 Å². The van der Waals surface area contributed by atoms with Crippen LogP contribution in [-0.4, -0.2) is 57.3 Å². The summed E-state index contributed by atoms with van der Waals surface area (Å²) in [4.78, 5) is 38.7. The first kappa shape index (κ1) is 21.9. The number of rotatable bonds is 10. The maximum Gasteiger partial charge on any atom is 0.412 e. The van der Waals surface area contributed by atoms with E-state index in [0.29, 0.717) is 0 Å². The van der Waals surface area contributed by atoms with Gasteiger partial charge in [0.15, 0.2) is 12.3 Å². The zero-order valence-corrected chi connectivity index (χ0v) is 15.7. The van der Waals surface area contributed by atoms with Gasteiger partial charge in [0, 0.05) is 6.20 Å². The highest BCUT2D eigenvalue weighted by molar-refractivity contribution is 5.83. The molecule has 1 aromatic heterocycles.